The van der Waals surface area contributed by atoms with Crippen LogP contribution in [0.3, 0.4) is 0 Å². The number of rotatable bonds is 5. The van der Waals surface area contributed by atoms with E-state index in [2.05, 4.69) is 55.3 Å². The van der Waals surface area contributed by atoms with Gasteiger partial charge in [0.1, 0.15) is 0 Å². The second kappa shape index (κ2) is 11.5. The third-order valence-electron chi connectivity index (χ3n) is 6.46. The highest BCUT2D eigenvalue weighted by atomic mass is 127. The van der Waals surface area contributed by atoms with Crippen LogP contribution in [-0.2, 0) is 11.3 Å². The van der Waals surface area contributed by atoms with Gasteiger partial charge in [-0.05, 0) is 31.4 Å². The average molecular weight is 513 g/mol. The van der Waals surface area contributed by atoms with Crippen LogP contribution in [0.2, 0.25) is 0 Å². The Labute approximate surface area is 192 Å². The van der Waals surface area contributed by atoms with Crippen molar-refractivity contribution in [3.8, 4) is 0 Å². The number of likely N-dealkylation sites (tertiary alicyclic amines) is 2. The topological polar surface area (TPSA) is 43.3 Å². The van der Waals surface area contributed by atoms with Crippen LogP contribution in [0.5, 0.6) is 0 Å². The average Bonchev–Trinajstić information content (AvgIpc) is 3.40. The van der Waals surface area contributed by atoms with Crippen molar-refractivity contribution in [2.24, 2.45) is 4.99 Å². The molecular formula is C22H36IN5O. The molecule has 0 spiro atoms. The number of aliphatic imine (C=N–C) groups is 1. The molecule has 4 rings (SSSR count). The highest BCUT2D eigenvalue weighted by Crippen LogP contribution is 2.20. The van der Waals surface area contributed by atoms with Gasteiger partial charge < -0.3 is 15.0 Å². The molecule has 6 nitrogen and oxygen atoms in total. The molecule has 3 aliphatic rings. The Morgan fingerprint density at radius 2 is 1.90 bits per heavy atom. The van der Waals surface area contributed by atoms with Gasteiger partial charge in [0, 0.05) is 58.4 Å². The van der Waals surface area contributed by atoms with Crippen LogP contribution < -0.4 is 5.32 Å². The van der Waals surface area contributed by atoms with Gasteiger partial charge in [-0.15, -0.1) is 24.0 Å². The number of ether oxygens (including phenoxy) is 1. The zero-order valence-electron chi connectivity index (χ0n) is 17.6. The van der Waals surface area contributed by atoms with E-state index >= 15 is 0 Å². The van der Waals surface area contributed by atoms with Crippen molar-refractivity contribution in [3.63, 3.8) is 0 Å². The molecule has 1 N–H and O–H groups in total. The number of hydrogen-bond donors (Lipinski definition) is 1. The molecule has 1 aromatic rings. The van der Waals surface area contributed by atoms with Crippen molar-refractivity contribution < 1.29 is 4.74 Å². The zero-order valence-corrected chi connectivity index (χ0v) is 20.0. The van der Waals surface area contributed by atoms with Crippen molar-refractivity contribution in [1.29, 1.82) is 0 Å². The van der Waals surface area contributed by atoms with E-state index in [-0.39, 0.29) is 24.0 Å². The molecule has 0 aromatic heterocycles. The molecule has 162 valence electrons. The minimum Gasteiger partial charge on any atom is -0.379 e. The molecular weight excluding hydrogens is 477 g/mol. The van der Waals surface area contributed by atoms with Gasteiger partial charge in [0.2, 0.25) is 0 Å². The molecule has 3 saturated heterocycles. The molecule has 0 saturated carbocycles. The van der Waals surface area contributed by atoms with Gasteiger partial charge in [-0.2, -0.15) is 0 Å². The van der Waals surface area contributed by atoms with E-state index in [9.17, 15) is 0 Å². The quantitative estimate of drug-likeness (QED) is 0.372. The maximum atomic E-state index is 5.51. The molecule has 0 aliphatic carbocycles. The third kappa shape index (κ3) is 6.06. The van der Waals surface area contributed by atoms with Crippen molar-refractivity contribution in [1.82, 2.24) is 20.0 Å². The van der Waals surface area contributed by atoms with Crippen LogP contribution in [0.4, 0.5) is 0 Å². The Morgan fingerprint density at radius 1 is 1.10 bits per heavy atom. The predicted molar refractivity (Wildman–Crippen MR) is 129 cm³/mol. The number of hydrogen-bond acceptors (Lipinski definition) is 4. The standard InChI is InChI=1S/C22H35N5O.HI/c1-23-22(27-11-9-21(18-27)25-12-14-28-15-13-25)24-16-20-8-5-10-26(20)17-19-6-3-2-4-7-19;/h2-4,6-7,20-21H,5,8-18H2,1H3,(H,23,24);1H. The Balaban J connectivity index is 0.00000240. The lowest BCUT2D eigenvalue weighted by Crippen LogP contribution is -2.48. The van der Waals surface area contributed by atoms with E-state index in [0.29, 0.717) is 12.1 Å². The van der Waals surface area contributed by atoms with Gasteiger partial charge in [0.25, 0.3) is 0 Å². The van der Waals surface area contributed by atoms with Crippen molar-refractivity contribution in [2.75, 3.05) is 59.5 Å². The summed E-state index contributed by atoms with van der Waals surface area (Å²) < 4.78 is 5.51. The third-order valence-corrected chi connectivity index (χ3v) is 6.46. The summed E-state index contributed by atoms with van der Waals surface area (Å²) in [5.74, 6) is 1.07. The van der Waals surface area contributed by atoms with Gasteiger partial charge in [0.05, 0.1) is 13.2 Å². The summed E-state index contributed by atoms with van der Waals surface area (Å²) in [4.78, 5) is 12.2. The Bertz CT molecular complexity index is 637. The number of guanidine groups is 1. The van der Waals surface area contributed by atoms with Gasteiger partial charge >= 0.3 is 0 Å². The van der Waals surface area contributed by atoms with Gasteiger partial charge in [0.15, 0.2) is 5.96 Å². The number of nitrogens with zero attached hydrogens (tertiary/aromatic N) is 4. The summed E-state index contributed by atoms with van der Waals surface area (Å²) in [5, 5.41) is 3.68. The molecule has 0 amide bonds. The van der Waals surface area contributed by atoms with Crippen LogP contribution >= 0.6 is 24.0 Å². The smallest absolute Gasteiger partial charge is 0.193 e. The summed E-state index contributed by atoms with van der Waals surface area (Å²) in [7, 11) is 1.92. The second-order valence-corrected chi connectivity index (χ2v) is 8.22. The van der Waals surface area contributed by atoms with E-state index < -0.39 is 0 Å². The monoisotopic (exact) mass is 513 g/mol. The molecule has 7 heteroatoms. The molecule has 3 heterocycles. The normalized spacial score (nSPS) is 26.5. The first-order valence-corrected chi connectivity index (χ1v) is 10.9. The van der Waals surface area contributed by atoms with Gasteiger partial charge in [-0.1, -0.05) is 30.3 Å². The first-order valence-electron chi connectivity index (χ1n) is 10.9. The van der Waals surface area contributed by atoms with E-state index in [1.807, 2.05) is 7.05 Å². The largest absolute Gasteiger partial charge is 0.379 e. The summed E-state index contributed by atoms with van der Waals surface area (Å²) >= 11 is 0. The molecule has 1 aromatic carbocycles. The molecule has 0 radical (unpaired) electrons. The van der Waals surface area contributed by atoms with Crippen LogP contribution in [0.1, 0.15) is 24.8 Å². The minimum absolute atomic E-state index is 0. The van der Waals surface area contributed by atoms with Gasteiger partial charge in [-0.25, -0.2) is 0 Å². The van der Waals surface area contributed by atoms with Crippen LogP contribution in [-0.4, -0.2) is 92.3 Å². The molecule has 3 fully saturated rings. The molecule has 3 aliphatic heterocycles. The minimum atomic E-state index is 0. The summed E-state index contributed by atoms with van der Waals surface area (Å²) in [5.41, 5.74) is 1.41. The van der Waals surface area contributed by atoms with Crippen LogP contribution in [0.25, 0.3) is 0 Å². The summed E-state index contributed by atoms with van der Waals surface area (Å²) in [6.45, 7) is 9.31. The van der Waals surface area contributed by atoms with Crippen molar-refractivity contribution >= 4 is 29.9 Å². The number of benzene rings is 1. The van der Waals surface area contributed by atoms with Crippen LogP contribution in [0.15, 0.2) is 35.3 Å². The van der Waals surface area contributed by atoms with E-state index in [0.717, 1.165) is 58.4 Å². The summed E-state index contributed by atoms with van der Waals surface area (Å²) in [6.07, 6.45) is 3.79. The number of morpholine rings is 1. The van der Waals surface area contributed by atoms with E-state index in [4.69, 9.17) is 4.74 Å². The fraction of sp³-hybridized carbons (Fsp3) is 0.682. The Kier molecular flexibility index (Phi) is 9.02. The Morgan fingerprint density at radius 3 is 2.66 bits per heavy atom. The van der Waals surface area contributed by atoms with Crippen molar-refractivity contribution in [2.45, 2.75) is 37.9 Å². The summed E-state index contributed by atoms with van der Waals surface area (Å²) in [6, 6.07) is 12.1. The second-order valence-electron chi connectivity index (χ2n) is 8.22. The maximum Gasteiger partial charge on any atom is 0.193 e. The molecule has 2 unspecified atom stereocenters. The van der Waals surface area contributed by atoms with E-state index in [1.54, 1.807) is 0 Å². The first kappa shape index (κ1) is 22.8. The first-order chi connectivity index (χ1) is 13.8. The van der Waals surface area contributed by atoms with Gasteiger partial charge in [-0.3, -0.25) is 14.8 Å². The molecule has 2 atom stereocenters. The number of halogens is 1. The molecule has 0 bridgehead atoms. The fourth-order valence-electron chi connectivity index (χ4n) is 4.87. The SMILES string of the molecule is CN=C(NCC1CCCN1Cc1ccccc1)N1CCC(N2CCOCC2)C1.I. The lowest BCUT2D eigenvalue weighted by Gasteiger charge is -2.32. The molecule has 29 heavy (non-hydrogen) atoms. The van der Waals surface area contributed by atoms with E-state index in [1.165, 1.54) is 31.4 Å². The van der Waals surface area contributed by atoms with Crippen LogP contribution in [0, 0.1) is 0 Å². The predicted octanol–water partition coefficient (Wildman–Crippen LogP) is 2.25. The Hall–Kier alpha value is -0.900. The van der Waals surface area contributed by atoms with Crippen molar-refractivity contribution in [3.05, 3.63) is 35.9 Å². The lowest BCUT2D eigenvalue weighted by molar-refractivity contribution is 0.0195. The zero-order chi connectivity index (χ0) is 19.2. The lowest BCUT2D eigenvalue weighted by atomic mass is 10.2. The highest BCUT2D eigenvalue weighted by molar-refractivity contribution is 14.0. The maximum absolute atomic E-state index is 5.51. The highest BCUT2D eigenvalue weighted by Gasteiger charge is 2.31. The number of nitrogens with one attached hydrogen (secondary N) is 1. The fourth-order valence-corrected chi connectivity index (χ4v) is 4.87.